The molecule has 1 fully saturated rings. The lowest BCUT2D eigenvalue weighted by atomic mass is 9.99. The van der Waals surface area contributed by atoms with E-state index in [0.29, 0.717) is 16.8 Å². The summed E-state index contributed by atoms with van der Waals surface area (Å²) in [6.07, 6.45) is 5.71. The van der Waals surface area contributed by atoms with Crippen LogP contribution in [-0.4, -0.2) is 24.0 Å². The van der Waals surface area contributed by atoms with Gasteiger partial charge in [0, 0.05) is 25.0 Å². The monoisotopic (exact) mass is 320 g/mol. The number of pyridine rings is 1. The Morgan fingerprint density at radius 3 is 2.83 bits per heavy atom. The van der Waals surface area contributed by atoms with E-state index in [-0.39, 0.29) is 5.91 Å². The molecular weight excluding hydrogens is 300 g/mol. The van der Waals surface area contributed by atoms with E-state index in [2.05, 4.69) is 28.2 Å². The van der Waals surface area contributed by atoms with Gasteiger partial charge in [0.2, 0.25) is 0 Å². The topological polar surface area (TPSA) is 69.0 Å². The summed E-state index contributed by atoms with van der Waals surface area (Å²) in [5.41, 5.74) is 2.63. The van der Waals surface area contributed by atoms with E-state index in [4.69, 9.17) is 5.26 Å². The Bertz CT molecular complexity index is 773. The fourth-order valence-electron chi connectivity index (χ4n) is 2.86. The number of amides is 1. The highest BCUT2D eigenvalue weighted by molar-refractivity contribution is 6.04. The first-order valence-corrected chi connectivity index (χ1v) is 8.17. The van der Waals surface area contributed by atoms with Crippen molar-refractivity contribution < 1.29 is 4.79 Å². The minimum atomic E-state index is -0.218. The van der Waals surface area contributed by atoms with Gasteiger partial charge in [-0.2, -0.15) is 5.26 Å². The van der Waals surface area contributed by atoms with Crippen LogP contribution in [0.15, 0.2) is 42.7 Å². The lowest BCUT2D eigenvalue weighted by Gasteiger charge is -2.32. The van der Waals surface area contributed by atoms with Crippen LogP contribution in [-0.2, 0) is 0 Å². The summed E-state index contributed by atoms with van der Waals surface area (Å²) in [5.74, 6) is 0.540. The van der Waals surface area contributed by atoms with Gasteiger partial charge in [0.05, 0.1) is 29.1 Å². The first-order chi connectivity index (χ1) is 11.7. The van der Waals surface area contributed by atoms with Crippen molar-refractivity contribution in [2.45, 2.75) is 19.8 Å². The molecule has 0 aliphatic carbocycles. The molecule has 0 bridgehead atoms. The van der Waals surface area contributed by atoms with Crippen molar-refractivity contribution in [3.05, 3.63) is 53.9 Å². The first kappa shape index (κ1) is 16.0. The standard InChI is InChI=1S/C19H20N4O/c1-14-5-7-23(8-6-14)18-10-16(12-21-13-18)19(24)22-17-4-2-3-15(9-17)11-20/h2-4,9-10,12-14H,5-8H2,1H3,(H,22,24). The number of benzene rings is 1. The number of hydrogen-bond donors (Lipinski definition) is 1. The van der Waals surface area contributed by atoms with Crippen LogP contribution in [0.2, 0.25) is 0 Å². The van der Waals surface area contributed by atoms with Crippen LogP contribution in [0, 0.1) is 17.2 Å². The fraction of sp³-hybridized carbons (Fsp3) is 0.316. The van der Waals surface area contributed by atoms with Gasteiger partial charge in [0.15, 0.2) is 0 Å². The normalized spacial score (nSPS) is 14.9. The molecule has 1 aliphatic rings. The van der Waals surface area contributed by atoms with Gasteiger partial charge in [-0.3, -0.25) is 9.78 Å². The molecular formula is C19H20N4O. The molecule has 0 saturated carbocycles. The Balaban J connectivity index is 1.73. The summed E-state index contributed by atoms with van der Waals surface area (Å²) in [7, 11) is 0. The van der Waals surface area contributed by atoms with Gasteiger partial charge in [-0.05, 0) is 43.0 Å². The highest BCUT2D eigenvalue weighted by Gasteiger charge is 2.17. The van der Waals surface area contributed by atoms with Gasteiger partial charge in [0.25, 0.3) is 5.91 Å². The van der Waals surface area contributed by atoms with Gasteiger partial charge in [0.1, 0.15) is 0 Å². The van der Waals surface area contributed by atoms with Crippen LogP contribution in [0.4, 0.5) is 11.4 Å². The van der Waals surface area contributed by atoms with Crippen molar-refractivity contribution in [1.82, 2.24) is 4.98 Å². The number of carbonyl (C=O) groups excluding carboxylic acids is 1. The number of rotatable bonds is 3. The second-order valence-corrected chi connectivity index (χ2v) is 6.25. The van der Waals surface area contributed by atoms with Crippen molar-refractivity contribution in [2.75, 3.05) is 23.3 Å². The molecule has 0 atom stereocenters. The van der Waals surface area contributed by atoms with E-state index in [0.717, 1.165) is 37.5 Å². The van der Waals surface area contributed by atoms with E-state index in [1.54, 1.807) is 30.5 Å². The third-order valence-corrected chi connectivity index (χ3v) is 4.38. The zero-order valence-electron chi connectivity index (χ0n) is 13.7. The molecule has 1 aliphatic heterocycles. The summed E-state index contributed by atoms with van der Waals surface area (Å²) in [5, 5.41) is 11.8. The van der Waals surface area contributed by atoms with Gasteiger partial charge in [-0.25, -0.2) is 0 Å². The SMILES string of the molecule is CC1CCN(c2cncc(C(=O)Nc3cccc(C#N)c3)c2)CC1. The molecule has 0 radical (unpaired) electrons. The maximum Gasteiger partial charge on any atom is 0.257 e. The molecule has 0 spiro atoms. The van der Waals surface area contributed by atoms with Crippen LogP contribution in [0.5, 0.6) is 0 Å². The summed E-state index contributed by atoms with van der Waals surface area (Å²) >= 11 is 0. The molecule has 2 aromatic rings. The molecule has 1 aromatic carbocycles. The molecule has 122 valence electrons. The van der Waals surface area contributed by atoms with E-state index in [1.165, 1.54) is 0 Å². The lowest BCUT2D eigenvalue weighted by Crippen LogP contribution is -2.33. The van der Waals surface area contributed by atoms with E-state index >= 15 is 0 Å². The number of aromatic nitrogens is 1. The second-order valence-electron chi connectivity index (χ2n) is 6.25. The Kier molecular flexibility index (Phi) is 4.76. The Labute approximate surface area is 141 Å². The maximum absolute atomic E-state index is 12.4. The van der Waals surface area contributed by atoms with Crippen molar-refractivity contribution in [1.29, 1.82) is 5.26 Å². The summed E-state index contributed by atoms with van der Waals surface area (Å²) < 4.78 is 0. The fourth-order valence-corrected chi connectivity index (χ4v) is 2.86. The van der Waals surface area contributed by atoms with E-state index < -0.39 is 0 Å². The summed E-state index contributed by atoms with van der Waals surface area (Å²) in [4.78, 5) is 18.9. The Hall–Kier alpha value is -2.87. The molecule has 5 nitrogen and oxygen atoms in total. The number of carbonyl (C=O) groups is 1. The molecule has 1 aromatic heterocycles. The molecule has 2 heterocycles. The van der Waals surface area contributed by atoms with Crippen molar-refractivity contribution in [3.63, 3.8) is 0 Å². The van der Waals surface area contributed by atoms with Gasteiger partial charge in [-0.15, -0.1) is 0 Å². The molecule has 0 unspecified atom stereocenters. The molecule has 3 rings (SSSR count). The average molecular weight is 320 g/mol. The Morgan fingerprint density at radius 2 is 2.08 bits per heavy atom. The zero-order chi connectivity index (χ0) is 16.9. The smallest absolute Gasteiger partial charge is 0.257 e. The molecule has 1 N–H and O–H groups in total. The van der Waals surface area contributed by atoms with Crippen LogP contribution < -0.4 is 10.2 Å². The number of nitrogens with zero attached hydrogens (tertiary/aromatic N) is 3. The molecule has 24 heavy (non-hydrogen) atoms. The summed E-state index contributed by atoms with van der Waals surface area (Å²) in [6.45, 7) is 4.27. The van der Waals surface area contributed by atoms with E-state index in [1.807, 2.05) is 12.3 Å². The summed E-state index contributed by atoms with van der Waals surface area (Å²) in [6, 6.07) is 10.8. The van der Waals surface area contributed by atoms with Crippen LogP contribution >= 0.6 is 0 Å². The van der Waals surface area contributed by atoms with Crippen LogP contribution in [0.1, 0.15) is 35.7 Å². The third kappa shape index (κ3) is 3.72. The van der Waals surface area contributed by atoms with Gasteiger partial charge in [-0.1, -0.05) is 13.0 Å². The highest BCUT2D eigenvalue weighted by atomic mass is 16.1. The minimum absolute atomic E-state index is 0.218. The van der Waals surface area contributed by atoms with Gasteiger partial charge < -0.3 is 10.2 Å². The van der Waals surface area contributed by atoms with E-state index in [9.17, 15) is 4.79 Å². The van der Waals surface area contributed by atoms with Crippen molar-refractivity contribution in [2.24, 2.45) is 5.92 Å². The number of hydrogen-bond acceptors (Lipinski definition) is 4. The number of nitriles is 1. The van der Waals surface area contributed by atoms with Crippen molar-refractivity contribution >= 4 is 17.3 Å². The predicted molar refractivity (Wildman–Crippen MR) is 94.0 cm³/mol. The quantitative estimate of drug-likeness (QED) is 0.940. The number of anilines is 2. The predicted octanol–water partition coefficient (Wildman–Crippen LogP) is 3.44. The third-order valence-electron chi connectivity index (χ3n) is 4.38. The average Bonchev–Trinajstić information content (AvgIpc) is 2.62. The lowest BCUT2D eigenvalue weighted by molar-refractivity contribution is 0.102. The first-order valence-electron chi connectivity index (χ1n) is 8.17. The Morgan fingerprint density at radius 1 is 1.29 bits per heavy atom. The minimum Gasteiger partial charge on any atom is -0.370 e. The van der Waals surface area contributed by atoms with Crippen LogP contribution in [0.3, 0.4) is 0 Å². The molecule has 5 heteroatoms. The number of nitrogens with one attached hydrogen (secondary N) is 1. The van der Waals surface area contributed by atoms with Crippen molar-refractivity contribution in [3.8, 4) is 6.07 Å². The zero-order valence-corrected chi connectivity index (χ0v) is 13.7. The molecule has 1 saturated heterocycles. The second kappa shape index (κ2) is 7.14. The van der Waals surface area contributed by atoms with Crippen LogP contribution in [0.25, 0.3) is 0 Å². The molecule has 1 amide bonds. The largest absolute Gasteiger partial charge is 0.370 e. The highest BCUT2D eigenvalue weighted by Crippen LogP contribution is 2.23. The van der Waals surface area contributed by atoms with Gasteiger partial charge >= 0.3 is 0 Å². The number of piperidine rings is 1. The maximum atomic E-state index is 12.4.